The third kappa shape index (κ3) is 2.64. The first-order chi connectivity index (χ1) is 7.66. The van der Waals surface area contributed by atoms with Crippen LogP contribution in [0, 0.1) is 0 Å². The van der Waals surface area contributed by atoms with Gasteiger partial charge in [0.1, 0.15) is 0 Å². The van der Waals surface area contributed by atoms with Gasteiger partial charge in [-0.05, 0) is 29.9 Å². The zero-order valence-electron chi connectivity index (χ0n) is 8.69. The number of aliphatic hydroxyl groups is 1. The molecule has 1 aromatic carbocycles. The van der Waals surface area contributed by atoms with Crippen molar-refractivity contribution in [1.29, 1.82) is 0 Å². The van der Waals surface area contributed by atoms with E-state index in [9.17, 15) is 5.11 Å². The average Bonchev–Trinajstić information content (AvgIpc) is 2.65. The Kier molecular flexibility index (Phi) is 3.63. The number of aliphatic hydroxyl groups excluding tert-OH is 1. The molecule has 0 aliphatic carbocycles. The first-order valence-corrected chi connectivity index (χ1v) is 5.92. The van der Waals surface area contributed by atoms with Gasteiger partial charge in [0.15, 0.2) is 5.11 Å². The molecule has 86 valence electrons. The molecule has 1 fully saturated rings. The van der Waals surface area contributed by atoms with E-state index in [2.05, 4.69) is 5.32 Å². The highest BCUT2D eigenvalue weighted by Crippen LogP contribution is 2.18. The molecular formula is C11H13ClN2OS. The lowest BCUT2D eigenvalue weighted by atomic mass is 10.1. The predicted molar refractivity (Wildman–Crippen MR) is 68.6 cm³/mol. The van der Waals surface area contributed by atoms with Gasteiger partial charge >= 0.3 is 0 Å². The summed E-state index contributed by atoms with van der Waals surface area (Å²) in [5, 5.41) is 14.5. The van der Waals surface area contributed by atoms with Gasteiger partial charge in [-0.1, -0.05) is 23.7 Å². The maximum atomic E-state index is 10.0. The summed E-state index contributed by atoms with van der Waals surface area (Å²) in [7, 11) is 0. The van der Waals surface area contributed by atoms with Crippen LogP contribution < -0.4 is 5.32 Å². The zero-order valence-corrected chi connectivity index (χ0v) is 10.3. The summed E-state index contributed by atoms with van der Waals surface area (Å²) >= 11 is 10.9. The van der Waals surface area contributed by atoms with E-state index in [4.69, 9.17) is 23.8 Å². The van der Waals surface area contributed by atoms with E-state index < -0.39 is 6.10 Å². The standard InChI is InChI=1S/C11H13ClN2OS/c12-9-3-1-8(2-4-9)10(15)7-14-6-5-13-11(14)16/h1-4,10,15H,5-7H2,(H,13,16). The van der Waals surface area contributed by atoms with Crippen LogP contribution in [-0.4, -0.2) is 34.8 Å². The topological polar surface area (TPSA) is 35.5 Å². The van der Waals surface area contributed by atoms with Gasteiger partial charge in [0.05, 0.1) is 12.6 Å². The summed E-state index contributed by atoms with van der Waals surface area (Å²) in [5.74, 6) is 0. The van der Waals surface area contributed by atoms with Gasteiger partial charge in [0.2, 0.25) is 0 Å². The number of β-amino-alcohol motifs (C(OH)–C–C–N with tert-alkyl or cyclic N) is 1. The minimum absolute atomic E-state index is 0.521. The lowest BCUT2D eigenvalue weighted by Gasteiger charge is -2.20. The number of thiocarbonyl (C=S) groups is 1. The predicted octanol–water partition coefficient (Wildman–Crippen LogP) is 1.56. The minimum Gasteiger partial charge on any atom is -0.387 e. The Labute approximate surface area is 105 Å². The van der Waals surface area contributed by atoms with Crippen LogP contribution in [0.4, 0.5) is 0 Å². The first kappa shape index (κ1) is 11.6. The highest BCUT2D eigenvalue weighted by Gasteiger charge is 2.19. The van der Waals surface area contributed by atoms with Crippen molar-refractivity contribution in [2.45, 2.75) is 6.10 Å². The molecule has 1 heterocycles. The Bertz CT molecular complexity index is 382. The quantitative estimate of drug-likeness (QED) is 0.805. The highest BCUT2D eigenvalue weighted by atomic mass is 35.5. The molecule has 0 aromatic heterocycles. The van der Waals surface area contributed by atoms with Gasteiger partial charge in [-0.2, -0.15) is 0 Å². The van der Waals surface area contributed by atoms with Crippen LogP contribution in [0.5, 0.6) is 0 Å². The second-order valence-corrected chi connectivity index (χ2v) is 4.57. The third-order valence-corrected chi connectivity index (χ3v) is 3.25. The third-order valence-electron chi connectivity index (χ3n) is 2.59. The van der Waals surface area contributed by atoms with Crippen molar-refractivity contribution in [1.82, 2.24) is 10.2 Å². The van der Waals surface area contributed by atoms with E-state index in [1.165, 1.54) is 0 Å². The van der Waals surface area contributed by atoms with Gasteiger partial charge < -0.3 is 15.3 Å². The lowest BCUT2D eigenvalue weighted by Crippen LogP contribution is -2.31. The van der Waals surface area contributed by atoms with E-state index in [1.807, 2.05) is 17.0 Å². The van der Waals surface area contributed by atoms with Crippen molar-refractivity contribution < 1.29 is 5.11 Å². The van der Waals surface area contributed by atoms with Gasteiger partial charge in [0, 0.05) is 18.1 Å². The van der Waals surface area contributed by atoms with Crippen LogP contribution in [-0.2, 0) is 0 Å². The molecule has 2 rings (SSSR count). The van der Waals surface area contributed by atoms with E-state index in [-0.39, 0.29) is 0 Å². The van der Waals surface area contributed by atoms with Crippen LogP contribution in [0.15, 0.2) is 24.3 Å². The molecule has 1 aliphatic rings. The van der Waals surface area contributed by atoms with Gasteiger partial charge in [-0.25, -0.2) is 0 Å². The molecule has 0 saturated carbocycles. The zero-order chi connectivity index (χ0) is 11.5. The fraction of sp³-hybridized carbons (Fsp3) is 0.364. The van der Waals surface area contributed by atoms with E-state index in [0.717, 1.165) is 18.7 Å². The maximum absolute atomic E-state index is 10.0. The molecule has 3 nitrogen and oxygen atoms in total. The van der Waals surface area contributed by atoms with Crippen LogP contribution in [0.1, 0.15) is 11.7 Å². The van der Waals surface area contributed by atoms with Crippen molar-refractivity contribution >= 4 is 28.9 Å². The Morgan fingerprint density at radius 1 is 1.44 bits per heavy atom. The summed E-state index contributed by atoms with van der Waals surface area (Å²) in [4.78, 5) is 1.97. The molecule has 2 N–H and O–H groups in total. The SMILES string of the molecule is OC(CN1CCNC1=S)c1ccc(Cl)cc1. The fourth-order valence-corrected chi connectivity index (χ4v) is 2.08. The maximum Gasteiger partial charge on any atom is 0.169 e. The molecule has 1 unspecified atom stereocenters. The largest absolute Gasteiger partial charge is 0.387 e. The molecule has 0 bridgehead atoms. The highest BCUT2D eigenvalue weighted by molar-refractivity contribution is 7.80. The Morgan fingerprint density at radius 3 is 2.69 bits per heavy atom. The molecule has 16 heavy (non-hydrogen) atoms. The summed E-state index contributed by atoms with van der Waals surface area (Å²) in [5.41, 5.74) is 0.860. The van der Waals surface area contributed by atoms with Crippen molar-refractivity contribution in [2.75, 3.05) is 19.6 Å². The smallest absolute Gasteiger partial charge is 0.169 e. The number of nitrogens with zero attached hydrogens (tertiary/aromatic N) is 1. The van der Waals surface area contributed by atoms with Gasteiger partial charge in [-0.15, -0.1) is 0 Å². The summed E-state index contributed by atoms with van der Waals surface area (Å²) < 4.78 is 0. The number of halogens is 1. The second-order valence-electron chi connectivity index (χ2n) is 3.75. The van der Waals surface area contributed by atoms with Gasteiger partial charge in [-0.3, -0.25) is 0 Å². The number of hydrogen-bond donors (Lipinski definition) is 2. The number of nitrogens with one attached hydrogen (secondary N) is 1. The Hall–Kier alpha value is -0.840. The molecule has 1 atom stereocenters. The molecular weight excluding hydrogens is 244 g/mol. The van der Waals surface area contributed by atoms with Crippen LogP contribution >= 0.6 is 23.8 Å². The van der Waals surface area contributed by atoms with Crippen molar-refractivity contribution in [3.63, 3.8) is 0 Å². The lowest BCUT2D eigenvalue weighted by molar-refractivity contribution is 0.149. The Balaban J connectivity index is 1.99. The van der Waals surface area contributed by atoms with Gasteiger partial charge in [0.25, 0.3) is 0 Å². The number of rotatable bonds is 3. The Morgan fingerprint density at radius 2 is 2.12 bits per heavy atom. The molecule has 1 aromatic rings. The normalized spacial score (nSPS) is 17.4. The summed E-state index contributed by atoms with van der Waals surface area (Å²) in [6.45, 7) is 2.23. The van der Waals surface area contributed by atoms with Crippen LogP contribution in [0.3, 0.4) is 0 Å². The monoisotopic (exact) mass is 256 g/mol. The van der Waals surface area contributed by atoms with E-state index in [1.54, 1.807) is 12.1 Å². The first-order valence-electron chi connectivity index (χ1n) is 5.13. The minimum atomic E-state index is -0.532. The number of benzene rings is 1. The molecule has 0 radical (unpaired) electrons. The number of hydrogen-bond acceptors (Lipinski definition) is 2. The molecule has 0 spiro atoms. The summed E-state index contributed by atoms with van der Waals surface area (Å²) in [6.07, 6.45) is -0.532. The average molecular weight is 257 g/mol. The second kappa shape index (κ2) is 4.99. The van der Waals surface area contributed by atoms with Crippen molar-refractivity contribution in [2.24, 2.45) is 0 Å². The van der Waals surface area contributed by atoms with Crippen LogP contribution in [0.25, 0.3) is 0 Å². The van der Waals surface area contributed by atoms with Crippen LogP contribution in [0.2, 0.25) is 5.02 Å². The molecule has 1 saturated heterocycles. The van der Waals surface area contributed by atoms with E-state index >= 15 is 0 Å². The molecule has 0 amide bonds. The molecule has 5 heteroatoms. The van der Waals surface area contributed by atoms with Crippen molar-refractivity contribution in [3.05, 3.63) is 34.9 Å². The van der Waals surface area contributed by atoms with Crippen molar-refractivity contribution in [3.8, 4) is 0 Å². The fourth-order valence-electron chi connectivity index (χ4n) is 1.68. The van der Waals surface area contributed by atoms with E-state index in [0.29, 0.717) is 16.7 Å². The summed E-state index contributed by atoms with van der Waals surface area (Å²) in [6, 6.07) is 7.22. The molecule has 1 aliphatic heterocycles.